The first-order chi connectivity index (χ1) is 36.9. The minimum atomic E-state index is -0.171. The second-order valence-corrected chi connectivity index (χ2v) is 20.5. The normalized spacial score (nSPS) is 12.5. The van der Waals surface area contributed by atoms with Crippen molar-refractivity contribution in [2.24, 2.45) is 0 Å². The molecule has 354 valence electrons. The Labute approximate surface area is 438 Å². The fourth-order valence-corrected chi connectivity index (χ4v) is 12.0. The van der Waals surface area contributed by atoms with E-state index in [2.05, 4.69) is 302 Å². The summed E-state index contributed by atoms with van der Waals surface area (Å²) in [5.74, 6) is 0. The summed E-state index contributed by atoms with van der Waals surface area (Å²) in [6, 6.07) is 103. The lowest BCUT2D eigenvalue weighted by molar-refractivity contribution is 0.660. The molecule has 0 saturated carbocycles. The fourth-order valence-electron chi connectivity index (χ4n) is 12.0. The van der Waals surface area contributed by atoms with Gasteiger partial charge in [0.15, 0.2) is 0 Å². The molecule has 1 aliphatic carbocycles. The van der Waals surface area contributed by atoms with Crippen molar-refractivity contribution >= 4 is 49.6 Å². The molecule has 0 spiro atoms. The molecule has 2 nitrogen and oxygen atoms in total. The van der Waals surface area contributed by atoms with Gasteiger partial charge in [0.05, 0.1) is 16.7 Å². The van der Waals surface area contributed by atoms with Crippen molar-refractivity contribution in [2.45, 2.75) is 19.3 Å². The van der Waals surface area contributed by atoms with Crippen molar-refractivity contribution in [3.8, 4) is 72.4 Å². The Morgan fingerprint density at radius 2 is 0.787 bits per heavy atom. The molecule has 14 rings (SSSR count). The van der Waals surface area contributed by atoms with Crippen LogP contribution in [-0.2, 0) is 5.41 Å². The van der Waals surface area contributed by atoms with Crippen molar-refractivity contribution in [3.05, 3.63) is 290 Å². The van der Waals surface area contributed by atoms with Crippen LogP contribution in [0.5, 0.6) is 0 Å². The Morgan fingerprint density at radius 3 is 1.56 bits per heavy atom. The van der Waals surface area contributed by atoms with Gasteiger partial charge in [-0.15, -0.1) is 0 Å². The summed E-state index contributed by atoms with van der Waals surface area (Å²) in [7, 11) is 0. The number of aromatic nitrogens is 1. The van der Waals surface area contributed by atoms with Crippen LogP contribution in [0.15, 0.2) is 279 Å². The minimum Gasteiger partial charge on any atom is -0.310 e. The first kappa shape index (κ1) is 44.2. The van der Waals surface area contributed by atoms with E-state index >= 15 is 0 Å². The van der Waals surface area contributed by atoms with Gasteiger partial charge in [0.1, 0.15) is 0 Å². The van der Waals surface area contributed by atoms with Crippen molar-refractivity contribution in [1.29, 1.82) is 0 Å². The molecular formula is C73H52N2. The summed E-state index contributed by atoms with van der Waals surface area (Å²) in [6.07, 6.45) is 0. The van der Waals surface area contributed by atoms with Crippen LogP contribution in [0, 0.1) is 0 Å². The van der Waals surface area contributed by atoms with E-state index < -0.39 is 0 Å². The van der Waals surface area contributed by atoms with Crippen LogP contribution >= 0.6 is 0 Å². The van der Waals surface area contributed by atoms with Gasteiger partial charge in [-0.05, 0) is 138 Å². The molecule has 0 saturated heterocycles. The lowest BCUT2D eigenvalue weighted by Gasteiger charge is -2.30. The molecule has 2 heteroatoms. The van der Waals surface area contributed by atoms with E-state index in [4.69, 9.17) is 0 Å². The largest absolute Gasteiger partial charge is 0.310 e. The molecule has 0 fully saturated rings. The van der Waals surface area contributed by atoms with Crippen molar-refractivity contribution in [2.75, 3.05) is 4.90 Å². The smallest absolute Gasteiger partial charge is 0.0547 e. The molecule has 0 radical (unpaired) electrons. The van der Waals surface area contributed by atoms with Gasteiger partial charge in [-0.25, -0.2) is 0 Å². The highest BCUT2D eigenvalue weighted by Crippen LogP contribution is 2.52. The number of hydrogen-bond donors (Lipinski definition) is 0. The molecule has 13 aromatic rings. The lowest BCUT2D eigenvalue weighted by atomic mass is 9.82. The SMILES string of the molecule is CC1(C)c2ccccc2-c2ccc(N(c3ccc(-c4ccccc4)cc3)c3cc(-c4ccc(-c5cccc6ccccc56)cc4)ccc3-c3ccc(-c4ccc5c6ccccc6n(-c6ccccc6)c5c4)cc3)cc21. The minimum absolute atomic E-state index is 0.171. The first-order valence-corrected chi connectivity index (χ1v) is 26.1. The number of hydrogen-bond acceptors (Lipinski definition) is 1. The van der Waals surface area contributed by atoms with Gasteiger partial charge in [0, 0.05) is 38.8 Å². The molecule has 0 bridgehead atoms. The zero-order valence-corrected chi connectivity index (χ0v) is 42.0. The van der Waals surface area contributed by atoms with Crippen molar-refractivity contribution in [3.63, 3.8) is 0 Å². The lowest BCUT2D eigenvalue weighted by Crippen LogP contribution is -2.17. The summed E-state index contributed by atoms with van der Waals surface area (Å²) in [5.41, 5.74) is 23.8. The summed E-state index contributed by atoms with van der Waals surface area (Å²) < 4.78 is 2.40. The van der Waals surface area contributed by atoms with Crippen LogP contribution in [0.2, 0.25) is 0 Å². The predicted molar refractivity (Wildman–Crippen MR) is 318 cm³/mol. The molecule has 1 heterocycles. The van der Waals surface area contributed by atoms with Crippen LogP contribution in [0.25, 0.3) is 105 Å². The average Bonchev–Trinajstić information content (AvgIpc) is 3.99. The number of para-hydroxylation sites is 2. The van der Waals surface area contributed by atoms with Gasteiger partial charge in [0.2, 0.25) is 0 Å². The topological polar surface area (TPSA) is 8.17 Å². The Morgan fingerprint density at radius 1 is 0.293 bits per heavy atom. The van der Waals surface area contributed by atoms with Crippen molar-refractivity contribution in [1.82, 2.24) is 4.57 Å². The Bertz CT molecular complexity index is 4270. The molecule has 1 aromatic heterocycles. The van der Waals surface area contributed by atoms with E-state index in [-0.39, 0.29) is 5.41 Å². The van der Waals surface area contributed by atoms with E-state index in [1.807, 2.05) is 0 Å². The van der Waals surface area contributed by atoms with E-state index in [1.165, 1.54) is 88.2 Å². The van der Waals surface area contributed by atoms with Crippen LogP contribution < -0.4 is 4.90 Å². The molecule has 0 unspecified atom stereocenters. The van der Waals surface area contributed by atoms with Crippen LogP contribution in [0.3, 0.4) is 0 Å². The van der Waals surface area contributed by atoms with Gasteiger partial charge >= 0.3 is 0 Å². The standard InChI is InChI=1S/C73H52N2/c1-73(2)68-26-13-11-23-64(68)65-45-42-60(48-69(65)73)74(59-40-36-50(37-41-59)49-16-5-3-6-17-49)71-46-56(51-28-32-54(33-29-51)62-25-15-19-53-18-9-10-22-61(53)62)38-43-63(71)55-34-30-52(31-35-55)57-39-44-67-66-24-12-14-27-70(66)75(72(67)47-57)58-20-7-4-8-21-58/h3-48H,1-2H3. The highest BCUT2D eigenvalue weighted by atomic mass is 15.1. The number of fused-ring (bicyclic) bond motifs is 7. The van der Waals surface area contributed by atoms with Crippen LogP contribution in [0.1, 0.15) is 25.0 Å². The summed E-state index contributed by atoms with van der Waals surface area (Å²) >= 11 is 0. The Hall–Kier alpha value is -9.50. The second kappa shape index (κ2) is 17.9. The highest BCUT2D eigenvalue weighted by molar-refractivity contribution is 6.10. The average molecular weight is 957 g/mol. The summed E-state index contributed by atoms with van der Waals surface area (Å²) in [6.45, 7) is 4.74. The monoisotopic (exact) mass is 956 g/mol. The van der Waals surface area contributed by atoms with Gasteiger partial charge in [-0.3, -0.25) is 0 Å². The molecular weight excluding hydrogens is 905 g/mol. The zero-order valence-electron chi connectivity index (χ0n) is 42.0. The molecule has 75 heavy (non-hydrogen) atoms. The Balaban J connectivity index is 0.930. The third-order valence-electron chi connectivity index (χ3n) is 15.8. The highest BCUT2D eigenvalue weighted by Gasteiger charge is 2.36. The first-order valence-electron chi connectivity index (χ1n) is 26.1. The third-order valence-corrected chi connectivity index (χ3v) is 15.8. The van der Waals surface area contributed by atoms with E-state index in [0.717, 1.165) is 45.0 Å². The number of rotatable bonds is 9. The third kappa shape index (κ3) is 7.56. The fraction of sp³-hybridized carbons (Fsp3) is 0.0411. The number of nitrogens with zero attached hydrogens (tertiary/aromatic N) is 2. The van der Waals surface area contributed by atoms with Crippen LogP contribution in [0.4, 0.5) is 17.1 Å². The number of benzene rings is 12. The quantitative estimate of drug-likeness (QED) is 0.140. The summed E-state index contributed by atoms with van der Waals surface area (Å²) in [4.78, 5) is 2.49. The van der Waals surface area contributed by atoms with E-state index in [9.17, 15) is 0 Å². The van der Waals surface area contributed by atoms with Crippen molar-refractivity contribution < 1.29 is 0 Å². The molecule has 0 atom stereocenters. The molecule has 0 amide bonds. The van der Waals surface area contributed by atoms with Gasteiger partial charge < -0.3 is 9.47 Å². The van der Waals surface area contributed by atoms with Crippen LogP contribution in [-0.4, -0.2) is 4.57 Å². The maximum atomic E-state index is 2.49. The number of anilines is 3. The van der Waals surface area contributed by atoms with Gasteiger partial charge in [-0.2, -0.15) is 0 Å². The maximum Gasteiger partial charge on any atom is 0.0547 e. The van der Waals surface area contributed by atoms with Gasteiger partial charge in [-0.1, -0.05) is 238 Å². The molecule has 12 aromatic carbocycles. The predicted octanol–water partition coefficient (Wildman–Crippen LogP) is 20.0. The van der Waals surface area contributed by atoms with Gasteiger partial charge in [0.25, 0.3) is 0 Å². The Kier molecular flexibility index (Phi) is 10.6. The van der Waals surface area contributed by atoms with E-state index in [1.54, 1.807) is 0 Å². The maximum absolute atomic E-state index is 2.49. The molecule has 1 aliphatic rings. The molecule has 0 aliphatic heterocycles. The zero-order chi connectivity index (χ0) is 50.0. The summed E-state index contributed by atoms with van der Waals surface area (Å²) in [5, 5.41) is 5.01. The molecule has 0 N–H and O–H groups in total. The van der Waals surface area contributed by atoms with E-state index in [0.29, 0.717) is 0 Å². The second-order valence-electron chi connectivity index (χ2n) is 20.5.